The highest BCUT2D eigenvalue weighted by Gasteiger charge is 2.61. The molecular formula is C29H42N2O10. The molecular weight excluding hydrogens is 536 g/mol. The minimum absolute atomic E-state index is 0.0872. The van der Waals surface area contributed by atoms with Gasteiger partial charge in [-0.05, 0) is 57.1 Å². The molecule has 1 aromatic carbocycles. The van der Waals surface area contributed by atoms with Crippen molar-refractivity contribution in [3.05, 3.63) is 46.0 Å². The highest BCUT2D eigenvalue weighted by Crippen LogP contribution is 2.51. The third-order valence-corrected chi connectivity index (χ3v) is 7.90. The first-order valence-electron chi connectivity index (χ1n) is 13.9. The van der Waals surface area contributed by atoms with Crippen LogP contribution in [0.5, 0.6) is 5.75 Å². The van der Waals surface area contributed by atoms with Crippen molar-refractivity contribution in [3.63, 3.8) is 0 Å². The van der Waals surface area contributed by atoms with Gasteiger partial charge in [-0.3, -0.25) is 10.1 Å². The van der Waals surface area contributed by atoms with Crippen molar-refractivity contribution < 1.29 is 43.3 Å². The molecule has 12 nitrogen and oxygen atoms in total. The fraction of sp³-hybridized carbons (Fsp3) is 0.655. The van der Waals surface area contributed by atoms with E-state index in [-0.39, 0.29) is 41.4 Å². The molecule has 0 bridgehead atoms. The second-order valence-electron chi connectivity index (χ2n) is 11.4. The second-order valence-corrected chi connectivity index (χ2v) is 11.4. The number of amides is 1. The van der Waals surface area contributed by atoms with Gasteiger partial charge in [0.1, 0.15) is 24.6 Å². The predicted octanol–water partition coefficient (Wildman–Crippen LogP) is 4.78. The molecule has 1 heterocycles. The minimum atomic E-state index is -1.01. The van der Waals surface area contributed by atoms with Crippen LogP contribution in [-0.2, 0) is 18.9 Å². The third kappa shape index (κ3) is 8.64. The molecule has 3 rings (SSSR count). The highest BCUT2D eigenvalue weighted by atomic mass is 16.7. The number of nitro groups is 1. The SMILES string of the molecule is COC1C(OC(=O)N[C@@H](COC(=O)Oc2ccc([N+](=O)[O-])cc2)C(C)C)CC[C@]2(CO2)C1C(C)[C@H](O)CC=C(C)C. The number of nitro benzene ring substituents is 1. The van der Waals surface area contributed by atoms with E-state index in [2.05, 4.69) is 5.32 Å². The number of benzene rings is 1. The topological polar surface area (TPSA) is 159 Å². The van der Waals surface area contributed by atoms with Crippen LogP contribution in [0.15, 0.2) is 35.9 Å². The highest BCUT2D eigenvalue weighted by molar-refractivity contribution is 5.68. The molecule has 1 saturated heterocycles. The molecule has 228 valence electrons. The molecule has 12 heteroatoms. The number of carbonyl (C=O) groups is 2. The number of nitrogens with one attached hydrogen (secondary N) is 1. The number of hydrogen-bond donors (Lipinski definition) is 2. The number of methoxy groups -OCH3 is 1. The van der Waals surface area contributed by atoms with Gasteiger partial charge in [0.25, 0.3) is 5.69 Å². The van der Waals surface area contributed by atoms with Crippen LogP contribution in [0.1, 0.15) is 53.9 Å². The molecule has 0 aromatic heterocycles. The molecule has 0 radical (unpaired) electrons. The lowest BCUT2D eigenvalue weighted by molar-refractivity contribution is -0.384. The van der Waals surface area contributed by atoms with Gasteiger partial charge in [0.05, 0.1) is 29.3 Å². The summed E-state index contributed by atoms with van der Waals surface area (Å²) < 4.78 is 27.8. The Bertz CT molecular complexity index is 1080. The van der Waals surface area contributed by atoms with Crippen molar-refractivity contribution in [2.45, 2.75) is 83.8 Å². The lowest BCUT2D eigenvalue weighted by Crippen LogP contribution is -2.55. The van der Waals surface area contributed by atoms with Gasteiger partial charge in [0, 0.05) is 25.2 Å². The molecule has 7 atom stereocenters. The number of nitrogens with zero attached hydrogens (tertiary/aromatic N) is 1. The molecule has 1 aliphatic heterocycles. The van der Waals surface area contributed by atoms with Gasteiger partial charge in [0.15, 0.2) is 0 Å². The van der Waals surface area contributed by atoms with E-state index in [4.69, 9.17) is 23.7 Å². The van der Waals surface area contributed by atoms with Crippen LogP contribution in [0.25, 0.3) is 0 Å². The first kappa shape index (κ1) is 32.3. The zero-order valence-electron chi connectivity index (χ0n) is 24.5. The van der Waals surface area contributed by atoms with Gasteiger partial charge >= 0.3 is 12.2 Å². The van der Waals surface area contributed by atoms with Gasteiger partial charge in [-0.2, -0.15) is 0 Å². The van der Waals surface area contributed by atoms with E-state index in [0.717, 1.165) is 5.57 Å². The third-order valence-electron chi connectivity index (χ3n) is 7.90. The lowest BCUT2D eigenvalue weighted by atomic mass is 9.68. The van der Waals surface area contributed by atoms with E-state index in [1.54, 1.807) is 7.11 Å². The van der Waals surface area contributed by atoms with E-state index in [1.165, 1.54) is 24.3 Å². The van der Waals surface area contributed by atoms with Crippen LogP contribution in [0, 0.1) is 27.9 Å². The quantitative estimate of drug-likeness (QED) is 0.0883. The summed E-state index contributed by atoms with van der Waals surface area (Å²) in [5, 5.41) is 24.5. The Balaban J connectivity index is 1.57. The standard InChI is InChI=1S/C29H42N2O10/c1-17(2)7-12-23(32)19(5)25-26(37-6)24(13-14-29(25)16-39-29)41-27(33)30-22(18(3)4)15-38-28(34)40-21-10-8-20(9-11-21)31(35)36/h7-11,18-19,22-26,32H,12-16H2,1-6H3,(H,30,33)/t19?,22-,23+,24?,25?,26?,29-/m0/s1. The summed E-state index contributed by atoms with van der Waals surface area (Å²) in [6, 6.07) is 4.42. The molecule has 41 heavy (non-hydrogen) atoms. The normalized spacial score (nSPS) is 25.5. The number of rotatable bonds is 12. The summed E-state index contributed by atoms with van der Waals surface area (Å²) in [5.74, 6) is -0.353. The number of alkyl carbamates (subject to hydrolysis) is 1. The number of hydrogen-bond acceptors (Lipinski definition) is 10. The number of allylic oxidation sites excluding steroid dienone is 1. The molecule has 1 aromatic rings. The predicted molar refractivity (Wildman–Crippen MR) is 149 cm³/mol. The Hall–Kier alpha value is -3.22. The second kappa shape index (κ2) is 14.1. The number of aliphatic hydroxyl groups excluding tert-OH is 1. The Morgan fingerprint density at radius 3 is 2.44 bits per heavy atom. The molecule has 2 fully saturated rings. The molecule has 2 N–H and O–H groups in total. The van der Waals surface area contributed by atoms with Gasteiger partial charge in [0.2, 0.25) is 0 Å². The van der Waals surface area contributed by atoms with Crippen LogP contribution < -0.4 is 10.1 Å². The minimum Gasteiger partial charge on any atom is -0.443 e. The Morgan fingerprint density at radius 2 is 1.90 bits per heavy atom. The monoisotopic (exact) mass is 578 g/mol. The van der Waals surface area contributed by atoms with Gasteiger partial charge in [-0.15, -0.1) is 0 Å². The first-order valence-corrected chi connectivity index (χ1v) is 13.9. The van der Waals surface area contributed by atoms with E-state index in [0.29, 0.717) is 25.9 Å². The van der Waals surface area contributed by atoms with Crippen molar-refractivity contribution in [1.29, 1.82) is 0 Å². The molecule has 1 saturated carbocycles. The zero-order valence-corrected chi connectivity index (χ0v) is 24.5. The number of epoxide rings is 1. The lowest BCUT2D eigenvalue weighted by Gasteiger charge is -2.44. The number of aliphatic hydroxyl groups is 1. The summed E-state index contributed by atoms with van der Waals surface area (Å²) >= 11 is 0. The van der Waals surface area contributed by atoms with E-state index < -0.39 is 41.5 Å². The molecule has 1 amide bonds. The maximum atomic E-state index is 13.0. The summed E-state index contributed by atoms with van der Waals surface area (Å²) in [4.78, 5) is 35.4. The number of ether oxygens (including phenoxy) is 5. The number of carbonyl (C=O) groups excluding carboxylic acids is 2. The molecule has 1 spiro atoms. The Morgan fingerprint density at radius 1 is 1.24 bits per heavy atom. The van der Waals surface area contributed by atoms with Crippen molar-refractivity contribution in [2.24, 2.45) is 17.8 Å². The van der Waals surface area contributed by atoms with Crippen LogP contribution in [-0.4, -0.2) is 72.6 Å². The van der Waals surface area contributed by atoms with Crippen LogP contribution in [0.2, 0.25) is 0 Å². The average Bonchev–Trinajstić information content (AvgIpc) is 3.69. The van der Waals surface area contributed by atoms with Crippen LogP contribution >= 0.6 is 0 Å². The Labute approximate surface area is 240 Å². The van der Waals surface area contributed by atoms with E-state index in [9.17, 15) is 24.8 Å². The van der Waals surface area contributed by atoms with Crippen molar-refractivity contribution in [3.8, 4) is 5.75 Å². The average molecular weight is 579 g/mol. The number of non-ortho nitro benzene ring substituents is 1. The fourth-order valence-corrected chi connectivity index (χ4v) is 5.33. The van der Waals surface area contributed by atoms with Gasteiger partial charge in [-0.25, -0.2) is 9.59 Å². The largest absolute Gasteiger partial charge is 0.513 e. The molecule has 1 aliphatic carbocycles. The van der Waals surface area contributed by atoms with Crippen molar-refractivity contribution in [2.75, 3.05) is 20.3 Å². The van der Waals surface area contributed by atoms with E-state index in [1.807, 2.05) is 40.7 Å². The smallest absolute Gasteiger partial charge is 0.443 e. The molecule has 4 unspecified atom stereocenters. The fourth-order valence-electron chi connectivity index (χ4n) is 5.33. The zero-order chi connectivity index (χ0) is 30.3. The summed E-state index contributed by atoms with van der Waals surface area (Å²) in [6.45, 7) is 10.1. The van der Waals surface area contributed by atoms with Crippen LogP contribution in [0.3, 0.4) is 0 Å². The summed E-state index contributed by atoms with van der Waals surface area (Å²) in [7, 11) is 1.57. The first-order chi connectivity index (χ1) is 19.4. The van der Waals surface area contributed by atoms with Crippen molar-refractivity contribution >= 4 is 17.9 Å². The maximum Gasteiger partial charge on any atom is 0.513 e. The van der Waals surface area contributed by atoms with Gasteiger partial charge in [-0.1, -0.05) is 32.4 Å². The summed E-state index contributed by atoms with van der Waals surface area (Å²) in [5.41, 5.74) is 0.602. The van der Waals surface area contributed by atoms with E-state index >= 15 is 0 Å². The molecule has 2 aliphatic rings. The Kier molecular flexibility index (Phi) is 11.1. The van der Waals surface area contributed by atoms with Crippen LogP contribution in [0.4, 0.5) is 15.3 Å². The van der Waals surface area contributed by atoms with Crippen molar-refractivity contribution in [1.82, 2.24) is 5.32 Å². The maximum absolute atomic E-state index is 13.0. The van der Waals surface area contributed by atoms with Gasteiger partial charge < -0.3 is 34.1 Å². The summed E-state index contributed by atoms with van der Waals surface area (Å²) in [6.07, 6.45) is 0.429.